The van der Waals surface area contributed by atoms with Gasteiger partial charge in [0, 0.05) is 43.4 Å². The van der Waals surface area contributed by atoms with Crippen molar-refractivity contribution in [3.63, 3.8) is 0 Å². The maximum absolute atomic E-state index is 13.0. The second-order valence-corrected chi connectivity index (χ2v) is 10.7. The number of aromatic nitrogens is 2. The van der Waals surface area contributed by atoms with Crippen molar-refractivity contribution >= 4 is 27.1 Å². The van der Waals surface area contributed by atoms with E-state index in [0.717, 1.165) is 17.1 Å². The Balaban J connectivity index is 1.48. The Hall–Kier alpha value is -2.95. The van der Waals surface area contributed by atoms with Crippen molar-refractivity contribution in [2.45, 2.75) is 33.2 Å². The first-order chi connectivity index (χ1) is 15.1. The standard InChI is InChI=1S/C21H27N5O5S/c1-14-18(5-4-6-19(14)26(28)29)21(27)24-10-8-23(9-11-24)20-15(2)22-25(16(20)3)17-7-12-32(30,31)13-17/h4-6,17H,7-13H2,1-3H3. The third kappa shape index (κ3) is 3.96. The van der Waals surface area contributed by atoms with Crippen LogP contribution in [-0.4, -0.2) is 71.6 Å². The first kappa shape index (κ1) is 22.3. The summed E-state index contributed by atoms with van der Waals surface area (Å²) in [5.41, 5.74) is 3.47. The summed E-state index contributed by atoms with van der Waals surface area (Å²) >= 11 is 0. The zero-order valence-electron chi connectivity index (χ0n) is 18.4. The van der Waals surface area contributed by atoms with Gasteiger partial charge in [0.2, 0.25) is 0 Å². The Bertz CT molecular complexity index is 1180. The highest BCUT2D eigenvalue weighted by Crippen LogP contribution is 2.32. The molecule has 0 saturated carbocycles. The van der Waals surface area contributed by atoms with E-state index in [1.807, 2.05) is 18.5 Å². The number of nitro groups is 1. The maximum atomic E-state index is 13.0. The lowest BCUT2D eigenvalue weighted by Crippen LogP contribution is -2.49. The molecule has 0 radical (unpaired) electrons. The summed E-state index contributed by atoms with van der Waals surface area (Å²) in [4.78, 5) is 27.7. The van der Waals surface area contributed by atoms with E-state index < -0.39 is 14.8 Å². The van der Waals surface area contributed by atoms with Crippen molar-refractivity contribution in [2.75, 3.05) is 42.6 Å². The molecular formula is C21H27N5O5S. The van der Waals surface area contributed by atoms with E-state index in [1.54, 1.807) is 24.0 Å². The zero-order valence-corrected chi connectivity index (χ0v) is 19.3. The van der Waals surface area contributed by atoms with E-state index in [2.05, 4.69) is 10.00 Å². The van der Waals surface area contributed by atoms with E-state index in [4.69, 9.17) is 0 Å². The van der Waals surface area contributed by atoms with Crippen LogP contribution >= 0.6 is 0 Å². The predicted octanol–water partition coefficient (Wildman–Crippen LogP) is 2.04. The average Bonchev–Trinajstić information content (AvgIpc) is 3.25. The minimum Gasteiger partial charge on any atom is -0.365 e. The molecule has 0 aliphatic carbocycles. The Morgan fingerprint density at radius 2 is 1.84 bits per heavy atom. The van der Waals surface area contributed by atoms with Crippen LogP contribution in [0.4, 0.5) is 11.4 Å². The van der Waals surface area contributed by atoms with Gasteiger partial charge in [-0.05, 0) is 33.3 Å². The number of hydrogen-bond acceptors (Lipinski definition) is 7. The average molecular weight is 462 g/mol. The molecule has 1 atom stereocenters. The second-order valence-electron chi connectivity index (χ2n) is 8.51. The molecule has 0 bridgehead atoms. The molecule has 2 aliphatic heterocycles. The van der Waals surface area contributed by atoms with Gasteiger partial charge in [0.15, 0.2) is 9.84 Å². The van der Waals surface area contributed by atoms with Gasteiger partial charge in [0.25, 0.3) is 11.6 Å². The van der Waals surface area contributed by atoms with Gasteiger partial charge >= 0.3 is 0 Å². The van der Waals surface area contributed by atoms with Gasteiger partial charge in [-0.15, -0.1) is 0 Å². The van der Waals surface area contributed by atoms with E-state index in [0.29, 0.717) is 43.7 Å². The third-order valence-corrected chi connectivity index (χ3v) is 8.21. The lowest BCUT2D eigenvalue weighted by molar-refractivity contribution is -0.385. The highest BCUT2D eigenvalue weighted by Gasteiger charge is 2.33. The SMILES string of the molecule is Cc1nn(C2CCS(=O)(=O)C2)c(C)c1N1CCN(C(=O)c2cccc([N+](=O)[O-])c2C)CC1. The number of carbonyl (C=O) groups is 1. The molecule has 1 amide bonds. The summed E-state index contributed by atoms with van der Waals surface area (Å²) in [6.45, 7) is 7.68. The van der Waals surface area contributed by atoms with Crippen molar-refractivity contribution in [1.29, 1.82) is 0 Å². The van der Waals surface area contributed by atoms with Crippen LogP contribution < -0.4 is 4.90 Å². The van der Waals surface area contributed by atoms with Gasteiger partial charge in [-0.1, -0.05) is 6.07 Å². The molecule has 10 nitrogen and oxygen atoms in total. The minimum atomic E-state index is -3.00. The number of carbonyl (C=O) groups excluding carboxylic acids is 1. The van der Waals surface area contributed by atoms with Gasteiger partial charge < -0.3 is 9.80 Å². The van der Waals surface area contributed by atoms with Crippen LogP contribution in [0.5, 0.6) is 0 Å². The molecule has 3 heterocycles. The van der Waals surface area contributed by atoms with Crippen LogP contribution in [0.3, 0.4) is 0 Å². The van der Waals surface area contributed by atoms with E-state index in [1.165, 1.54) is 6.07 Å². The molecule has 2 saturated heterocycles. The van der Waals surface area contributed by atoms with Gasteiger partial charge in [-0.3, -0.25) is 19.6 Å². The number of nitrogens with zero attached hydrogens (tertiary/aromatic N) is 5. The molecule has 1 aromatic carbocycles. The quantitative estimate of drug-likeness (QED) is 0.505. The fourth-order valence-corrected chi connectivity index (χ4v) is 6.48. The summed E-state index contributed by atoms with van der Waals surface area (Å²) < 4.78 is 25.6. The molecule has 0 N–H and O–H groups in total. The zero-order chi connectivity index (χ0) is 23.2. The number of sulfone groups is 1. The molecule has 1 unspecified atom stereocenters. The van der Waals surface area contributed by atoms with E-state index >= 15 is 0 Å². The van der Waals surface area contributed by atoms with Crippen LogP contribution in [0.25, 0.3) is 0 Å². The molecule has 0 spiro atoms. The number of rotatable bonds is 4. The number of aryl methyl sites for hydroxylation is 1. The van der Waals surface area contributed by atoms with Crippen molar-refractivity contribution in [3.05, 3.63) is 50.8 Å². The fourth-order valence-electron chi connectivity index (χ4n) is 4.79. The lowest BCUT2D eigenvalue weighted by Gasteiger charge is -2.36. The van der Waals surface area contributed by atoms with Crippen LogP contribution in [0.2, 0.25) is 0 Å². The fraction of sp³-hybridized carbons (Fsp3) is 0.524. The molecule has 11 heteroatoms. The second kappa shape index (κ2) is 8.19. The topological polar surface area (TPSA) is 119 Å². The molecule has 4 rings (SSSR count). The van der Waals surface area contributed by atoms with E-state index in [-0.39, 0.29) is 29.1 Å². The molecule has 2 fully saturated rings. The Morgan fingerprint density at radius 3 is 2.44 bits per heavy atom. The first-order valence-corrected chi connectivity index (χ1v) is 12.5. The van der Waals surface area contributed by atoms with Gasteiger partial charge in [0.1, 0.15) is 0 Å². The molecule has 1 aromatic heterocycles. The number of benzene rings is 1. The van der Waals surface area contributed by atoms with Crippen LogP contribution in [-0.2, 0) is 9.84 Å². The highest BCUT2D eigenvalue weighted by atomic mass is 32.2. The summed E-state index contributed by atoms with van der Waals surface area (Å²) in [5, 5.41) is 15.8. The van der Waals surface area contributed by atoms with Gasteiger partial charge in [0.05, 0.1) is 39.5 Å². The summed E-state index contributed by atoms with van der Waals surface area (Å²) in [7, 11) is -3.00. The third-order valence-electron chi connectivity index (χ3n) is 6.46. The summed E-state index contributed by atoms with van der Waals surface area (Å²) in [5.74, 6) is 0.119. The van der Waals surface area contributed by atoms with Crippen molar-refractivity contribution in [2.24, 2.45) is 0 Å². The first-order valence-electron chi connectivity index (χ1n) is 10.6. The van der Waals surface area contributed by atoms with Crippen molar-refractivity contribution in [1.82, 2.24) is 14.7 Å². The minimum absolute atomic E-state index is 0.0536. The van der Waals surface area contributed by atoms with Crippen LogP contribution in [0.15, 0.2) is 18.2 Å². The van der Waals surface area contributed by atoms with Crippen LogP contribution in [0.1, 0.15) is 39.8 Å². The Labute approximate surface area is 186 Å². The van der Waals surface area contributed by atoms with Crippen molar-refractivity contribution < 1.29 is 18.1 Å². The van der Waals surface area contributed by atoms with Gasteiger partial charge in [-0.25, -0.2) is 8.42 Å². The monoisotopic (exact) mass is 461 g/mol. The summed E-state index contributed by atoms with van der Waals surface area (Å²) in [6, 6.07) is 4.44. The number of anilines is 1. The number of piperazine rings is 1. The van der Waals surface area contributed by atoms with E-state index in [9.17, 15) is 23.3 Å². The summed E-state index contributed by atoms with van der Waals surface area (Å²) in [6.07, 6.45) is 0.578. The predicted molar refractivity (Wildman–Crippen MR) is 120 cm³/mol. The number of amides is 1. The largest absolute Gasteiger partial charge is 0.365 e. The molecular weight excluding hydrogens is 434 g/mol. The van der Waals surface area contributed by atoms with Crippen molar-refractivity contribution in [3.8, 4) is 0 Å². The van der Waals surface area contributed by atoms with Crippen LogP contribution in [0, 0.1) is 30.9 Å². The molecule has 32 heavy (non-hydrogen) atoms. The Morgan fingerprint density at radius 1 is 1.16 bits per heavy atom. The Kier molecular flexibility index (Phi) is 5.70. The molecule has 172 valence electrons. The van der Waals surface area contributed by atoms with Gasteiger partial charge in [-0.2, -0.15) is 5.10 Å². The normalized spacial score (nSPS) is 20.5. The smallest absolute Gasteiger partial charge is 0.273 e. The number of nitro benzene ring substituents is 1. The lowest BCUT2D eigenvalue weighted by atomic mass is 10.1. The molecule has 2 aliphatic rings. The maximum Gasteiger partial charge on any atom is 0.273 e. The molecule has 2 aromatic rings. The highest BCUT2D eigenvalue weighted by molar-refractivity contribution is 7.91. The number of hydrogen-bond donors (Lipinski definition) is 0.